The zero-order valence-electron chi connectivity index (χ0n) is 12.0. The number of rotatable bonds is 5. The SMILES string of the molecule is CCCC[C@H]1c2ccccc2C=C(OC)[C@@]1(C)C=O. The summed E-state index contributed by atoms with van der Waals surface area (Å²) in [5.74, 6) is 0.989. The third kappa shape index (κ3) is 2.32. The monoisotopic (exact) mass is 258 g/mol. The number of fused-ring (bicyclic) bond motifs is 1. The second kappa shape index (κ2) is 5.60. The van der Waals surface area contributed by atoms with Gasteiger partial charge < -0.3 is 9.53 Å². The Kier molecular flexibility index (Phi) is 4.08. The van der Waals surface area contributed by atoms with E-state index in [9.17, 15) is 4.79 Å². The van der Waals surface area contributed by atoms with Gasteiger partial charge >= 0.3 is 0 Å². The number of carbonyl (C=O) groups is 1. The zero-order valence-corrected chi connectivity index (χ0v) is 12.0. The van der Waals surface area contributed by atoms with Crippen LogP contribution in [0.1, 0.15) is 50.2 Å². The Morgan fingerprint density at radius 2 is 2.11 bits per heavy atom. The molecule has 0 amide bonds. The van der Waals surface area contributed by atoms with Crippen molar-refractivity contribution in [3.63, 3.8) is 0 Å². The molecule has 1 aliphatic rings. The number of benzene rings is 1. The highest BCUT2D eigenvalue weighted by Gasteiger charge is 2.42. The van der Waals surface area contributed by atoms with Gasteiger partial charge in [0.1, 0.15) is 12.0 Å². The molecule has 0 aliphatic heterocycles. The van der Waals surface area contributed by atoms with E-state index in [1.54, 1.807) is 7.11 Å². The van der Waals surface area contributed by atoms with Crippen LogP contribution in [0.25, 0.3) is 6.08 Å². The fourth-order valence-electron chi connectivity index (χ4n) is 3.03. The van der Waals surface area contributed by atoms with E-state index >= 15 is 0 Å². The second-order valence-electron chi connectivity index (χ2n) is 5.44. The first kappa shape index (κ1) is 13.9. The maximum Gasteiger partial charge on any atom is 0.134 e. The molecule has 0 heterocycles. The van der Waals surface area contributed by atoms with Gasteiger partial charge in [0.15, 0.2) is 0 Å². The molecule has 0 saturated carbocycles. The molecule has 0 unspecified atom stereocenters. The molecule has 0 aromatic heterocycles. The van der Waals surface area contributed by atoms with Crippen molar-refractivity contribution in [3.05, 3.63) is 41.2 Å². The Hall–Kier alpha value is -1.57. The number of ether oxygens (including phenoxy) is 1. The minimum atomic E-state index is -0.543. The average Bonchev–Trinajstić information content (AvgIpc) is 2.45. The minimum absolute atomic E-state index is 0.209. The molecule has 0 fully saturated rings. The third-order valence-corrected chi connectivity index (χ3v) is 4.22. The Labute approximate surface area is 115 Å². The summed E-state index contributed by atoms with van der Waals surface area (Å²) in [6.45, 7) is 4.17. The van der Waals surface area contributed by atoms with E-state index in [0.717, 1.165) is 31.3 Å². The molecule has 0 radical (unpaired) electrons. The summed E-state index contributed by atoms with van der Waals surface area (Å²) in [6.07, 6.45) is 6.34. The molecule has 0 saturated heterocycles. The maximum absolute atomic E-state index is 11.7. The molecule has 0 spiro atoms. The highest BCUT2D eigenvalue weighted by Crippen LogP contribution is 2.48. The summed E-state index contributed by atoms with van der Waals surface area (Å²) < 4.78 is 5.49. The van der Waals surface area contributed by atoms with Gasteiger partial charge in [-0.3, -0.25) is 0 Å². The van der Waals surface area contributed by atoms with Crippen LogP contribution in [0.3, 0.4) is 0 Å². The molecule has 2 rings (SSSR count). The molecule has 2 heteroatoms. The van der Waals surface area contributed by atoms with E-state index in [1.807, 2.05) is 19.1 Å². The van der Waals surface area contributed by atoms with E-state index < -0.39 is 5.41 Å². The fourth-order valence-corrected chi connectivity index (χ4v) is 3.03. The van der Waals surface area contributed by atoms with Gasteiger partial charge in [0, 0.05) is 5.92 Å². The van der Waals surface area contributed by atoms with Crippen LogP contribution in [-0.2, 0) is 9.53 Å². The number of carbonyl (C=O) groups excluding carboxylic acids is 1. The lowest BCUT2D eigenvalue weighted by atomic mass is 9.66. The van der Waals surface area contributed by atoms with Crippen molar-refractivity contribution < 1.29 is 9.53 Å². The number of hydrogen-bond donors (Lipinski definition) is 0. The van der Waals surface area contributed by atoms with Crippen LogP contribution in [0, 0.1) is 5.41 Å². The normalized spacial score (nSPS) is 25.4. The van der Waals surface area contributed by atoms with E-state index in [2.05, 4.69) is 25.1 Å². The lowest BCUT2D eigenvalue weighted by Crippen LogP contribution is -2.33. The first-order chi connectivity index (χ1) is 9.17. The van der Waals surface area contributed by atoms with Crippen LogP contribution < -0.4 is 0 Å². The quantitative estimate of drug-likeness (QED) is 0.741. The topological polar surface area (TPSA) is 26.3 Å². The van der Waals surface area contributed by atoms with Gasteiger partial charge in [-0.1, -0.05) is 44.0 Å². The Bertz CT molecular complexity index is 490. The minimum Gasteiger partial charge on any atom is -0.500 e. The van der Waals surface area contributed by atoms with Crippen molar-refractivity contribution in [2.75, 3.05) is 7.11 Å². The molecule has 102 valence electrons. The second-order valence-corrected chi connectivity index (χ2v) is 5.44. The Balaban J connectivity index is 2.52. The number of unbranched alkanes of at least 4 members (excludes halogenated alkanes) is 1. The van der Waals surface area contributed by atoms with Gasteiger partial charge in [0.05, 0.1) is 12.5 Å². The van der Waals surface area contributed by atoms with Crippen molar-refractivity contribution >= 4 is 12.4 Å². The molecular formula is C17H22O2. The summed E-state index contributed by atoms with van der Waals surface area (Å²) in [7, 11) is 1.65. The lowest BCUT2D eigenvalue weighted by molar-refractivity contribution is -0.116. The van der Waals surface area contributed by atoms with Crippen LogP contribution in [0.2, 0.25) is 0 Å². The molecule has 2 nitrogen and oxygen atoms in total. The van der Waals surface area contributed by atoms with E-state index in [4.69, 9.17) is 4.74 Å². The summed E-state index contributed by atoms with van der Waals surface area (Å²) in [5, 5.41) is 0. The van der Waals surface area contributed by atoms with E-state index in [0.29, 0.717) is 0 Å². The van der Waals surface area contributed by atoms with Gasteiger partial charge in [0.2, 0.25) is 0 Å². The standard InChI is InChI=1S/C17H22O2/c1-4-5-10-15-14-9-7-6-8-13(14)11-16(19-3)17(15,2)12-18/h6-9,11-12,15H,4-5,10H2,1-3H3/t15-,17-/m0/s1. The lowest BCUT2D eigenvalue weighted by Gasteiger charge is -2.38. The summed E-state index contributed by atoms with van der Waals surface area (Å²) in [4.78, 5) is 11.7. The Morgan fingerprint density at radius 1 is 1.37 bits per heavy atom. The van der Waals surface area contributed by atoms with Crippen LogP contribution in [0.15, 0.2) is 30.0 Å². The van der Waals surface area contributed by atoms with Crippen molar-refractivity contribution in [1.82, 2.24) is 0 Å². The van der Waals surface area contributed by atoms with Gasteiger partial charge in [-0.05, 0) is 30.5 Å². The van der Waals surface area contributed by atoms with E-state index in [-0.39, 0.29) is 5.92 Å². The van der Waals surface area contributed by atoms with Crippen molar-refractivity contribution in [2.45, 2.75) is 39.0 Å². The van der Waals surface area contributed by atoms with Gasteiger partial charge in [-0.15, -0.1) is 0 Å². The van der Waals surface area contributed by atoms with Gasteiger partial charge in [0.25, 0.3) is 0 Å². The van der Waals surface area contributed by atoms with Gasteiger partial charge in [-0.25, -0.2) is 0 Å². The van der Waals surface area contributed by atoms with Crippen LogP contribution in [0.5, 0.6) is 0 Å². The number of allylic oxidation sites excluding steroid dienone is 1. The van der Waals surface area contributed by atoms with Gasteiger partial charge in [-0.2, -0.15) is 0 Å². The number of hydrogen-bond acceptors (Lipinski definition) is 2. The average molecular weight is 258 g/mol. The molecule has 1 aliphatic carbocycles. The van der Waals surface area contributed by atoms with Crippen molar-refractivity contribution in [3.8, 4) is 0 Å². The molecule has 1 aromatic rings. The Morgan fingerprint density at radius 3 is 2.74 bits per heavy atom. The van der Waals surface area contributed by atoms with Crippen molar-refractivity contribution in [2.24, 2.45) is 5.41 Å². The smallest absolute Gasteiger partial charge is 0.134 e. The molecule has 1 aromatic carbocycles. The molecule has 0 N–H and O–H groups in total. The third-order valence-electron chi connectivity index (χ3n) is 4.22. The zero-order chi connectivity index (χ0) is 13.9. The van der Waals surface area contributed by atoms with Crippen molar-refractivity contribution in [1.29, 1.82) is 0 Å². The molecular weight excluding hydrogens is 236 g/mol. The summed E-state index contributed by atoms with van der Waals surface area (Å²) >= 11 is 0. The van der Waals surface area contributed by atoms with E-state index in [1.165, 1.54) is 11.1 Å². The molecule has 2 atom stereocenters. The highest BCUT2D eigenvalue weighted by atomic mass is 16.5. The summed E-state index contributed by atoms with van der Waals surface area (Å²) in [5.41, 5.74) is 1.91. The molecule has 0 bridgehead atoms. The number of aldehydes is 1. The molecule has 19 heavy (non-hydrogen) atoms. The predicted octanol–water partition coefficient (Wildman–Crippen LogP) is 4.17. The number of methoxy groups -OCH3 is 1. The predicted molar refractivity (Wildman–Crippen MR) is 77.9 cm³/mol. The maximum atomic E-state index is 11.7. The highest BCUT2D eigenvalue weighted by molar-refractivity contribution is 5.74. The van der Waals surface area contributed by atoms with Crippen LogP contribution in [0.4, 0.5) is 0 Å². The first-order valence-electron chi connectivity index (χ1n) is 6.98. The largest absolute Gasteiger partial charge is 0.500 e. The van der Waals surface area contributed by atoms with Crippen LogP contribution in [-0.4, -0.2) is 13.4 Å². The fraction of sp³-hybridized carbons (Fsp3) is 0.471. The summed E-state index contributed by atoms with van der Waals surface area (Å²) in [6, 6.07) is 8.32. The first-order valence-corrected chi connectivity index (χ1v) is 6.98. The van der Waals surface area contributed by atoms with Crippen LogP contribution >= 0.6 is 0 Å².